The number of halogens is 1. The van der Waals surface area contributed by atoms with Crippen molar-refractivity contribution in [3.8, 4) is 17.2 Å². The standard InChI is InChI=1S/C24H26FN3O6/c1-14(29)28-6-5-20-19(12-28)27-24(31)16-3-4-21(32-2)22(9-16)33-13-23(30)26-11-15-7-17(25)10-18(8-15)34-20/h3-4,7-10,19-20H,5-6,11-13H2,1-2H3,(H,26,30)(H,27,31)/t19-,20+/m0/s1. The van der Waals surface area contributed by atoms with Gasteiger partial charge >= 0.3 is 0 Å². The van der Waals surface area contributed by atoms with Crippen LogP contribution < -0.4 is 24.8 Å². The molecule has 2 atom stereocenters. The normalized spacial score (nSPS) is 20.7. The van der Waals surface area contributed by atoms with E-state index in [9.17, 15) is 18.8 Å². The lowest BCUT2D eigenvalue weighted by molar-refractivity contribution is -0.131. The first-order valence-corrected chi connectivity index (χ1v) is 10.9. The lowest BCUT2D eigenvalue weighted by Gasteiger charge is -2.38. The summed E-state index contributed by atoms with van der Waals surface area (Å²) < 4.78 is 31.2. The van der Waals surface area contributed by atoms with Crippen LogP contribution in [0.2, 0.25) is 0 Å². The van der Waals surface area contributed by atoms with E-state index in [2.05, 4.69) is 10.6 Å². The number of nitrogens with one attached hydrogen (secondary N) is 2. The number of hydrogen-bond donors (Lipinski definition) is 2. The molecule has 4 bridgehead atoms. The molecule has 4 rings (SSSR count). The Morgan fingerprint density at radius 2 is 2.03 bits per heavy atom. The summed E-state index contributed by atoms with van der Waals surface area (Å²) in [5.41, 5.74) is 0.798. The lowest BCUT2D eigenvalue weighted by Crippen LogP contribution is -2.57. The average molecular weight is 471 g/mol. The molecule has 3 amide bonds. The fraction of sp³-hybridized carbons (Fsp3) is 0.375. The van der Waals surface area contributed by atoms with Crippen molar-refractivity contribution in [3.63, 3.8) is 0 Å². The summed E-state index contributed by atoms with van der Waals surface area (Å²) in [5, 5.41) is 5.61. The largest absolute Gasteiger partial charge is 0.493 e. The van der Waals surface area contributed by atoms with Crippen LogP contribution in [-0.2, 0) is 16.1 Å². The van der Waals surface area contributed by atoms with E-state index in [0.717, 1.165) is 0 Å². The zero-order chi connectivity index (χ0) is 24.2. The van der Waals surface area contributed by atoms with Crippen LogP contribution >= 0.6 is 0 Å². The van der Waals surface area contributed by atoms with Gasteiger partial charge in [-0.1, -0.05) is 0 Å². The van der Waals surface area contributed by atoms with Gasteiger partial charge in [-0.05, 0) is 35.9 Å². The van der Waals surface area contributed by atoms with E-state index >= 15 is 0 Å². The van der Waals surface area contributed by atoms with Crippen LogP contribution in [-0.4, -0.2) is 61.6 Å². The van der Waals surface area contributed by atoms with Crippen molar-refractivity contribution in [2.24, 2.45) is 0 Å². The molecule has 0 spiro atoms. The average Bonchev–Trinajstić information content (AvgIpc) is 2.81. The number of benzene rings is 2. The second-order valence-electron chi connectivity index (χ2n) is 8.22. The van der Waals surface area contributed by atoms with Crippen LogP contribution in [0.4, 0.5) is 4.39 Å². The molecule has 2 aliphatic heterocycles. The minimum Gasteiger partial charge on any atom is -0.493 e. The first-order chi connectivity index (χ1) is 16.3. The van der Waals surface area contributed by atoms with Crippen molar-refractivity contribution in [1.82, 2.24) is 15.5 Å². The third kappa shape index (κ3) is 5.38. The van der Waals surface area contributed by atoms with Gasteiger partial charge in [0.2, 0.25) is 5.91 Å². The SMILES string of the molecule is COc1ccc2cc1OCC(=O)NCc1cc(F)cc(c1)O[C@@H]1CCN(C(C)=O)C[C@@H]1NC2=O. The van der Waals surface area contributed by atoms with Crippen LogP contribution in [0.3, 0.4) is 0 Å². The Balaban J connectivity index is 1.69. The van der Waals surface area contributed by atoms with Crippen molar-refractivity contribution < 1.29 is 33.0 Å². The highest BCUT2D eigenvalue weighted by Crippen LogP contribution is 2.29. The third-order valence-electron chi connectivity index (χ3n) is 5.80. The monoisotopic (exact) mass is 471 g/mol. The van der Waals surface area contributed by atoms with Gasteiger partial charge < -0.3 is 29.7 Å². The Kier molecular flexibility index (Phi) is 6.85. The number of fused-ring (bicyclic) bond motifs is 5. The number of likely N-dealkylation sites (tertiary alicyclic amines) is 1. The van der Waals surface area contributed by atoms with Gasteiger partial charge in [-0.25, -0.2) is 4.39 Å². The van der Waals surface area contributed by atoms with Gasteiger partial charge in [-0.3, -0.25) is 14.4 Å². The van der Waals surface area contributed by atoms with Crippen molar-refractivity contribution in [1.29, 1.82) is 0 Å². The smallest absolute Gasteiger partial charge is 0.258 e. The predicted molar refractivity (Wildman–Crippen MR) is 119 cm³/mol. The van der Waals surface area contributed by atoms with Crippen LogP contribution in [0, 0.1) is 5.82 Å². The van der Waals surface area contributed by atoms with E-state index in [0.29, 0.717) is 24.3 Å². The fourth-order valence-electron chi connectivity index (χ4n) is 4.04. The van der Waals surface area contributed by atoms with Gasteiger partial charge in [-0.2, -0.15) is 0 Å². The van der Waals surface area contributed by atoms with E-state index in [1.165, 1.54) is 32.2 Å². The number of rotatable bonds is 1. The van der Waals surface area contributed by atoms with Gasteiger partial charge in [0, 0.05) is 44.6 Å². The molecule has 1 fully saturated rings. The summed E-state index contributed by atoms with van der Waals surface area (Å²) in [4.78, 5) is 39.0. The number of nitrogens with zero attached hydrogens (tertiary/aromatic N) is 1. The number of carbonyl (C=O) groups is 3. The molecule has 9 nitrogen and oxygen atoms in total. The number of amides is 3. The molecule has 0 radical (unpaired) electrons. The van der Waals surface area contributed by atoms with Crippen LogP contribution in [0.25, 0.3) is 0 Å². The van der Waals surface area contributed by atoms with Gasteiger partial charge in [0.05, 0.1) is 13.2 Å². The van der Waals surface area contributed by atoms with Gasteiger partial charge in [0.25, 0.3) is 11.8 Å². The molecule has 10 heteroatoms. The first-order valence-electron chi connectivity index (χ1n) is 10.9. The number of methoxy groups -OCH3 is 1. The second kappa shape index (κ2) is 9.98. The van der Waals surface area contributed by atoms with E-state index in [1.54, 1.807) is 23.1 Å². The van der Waals surface area contributed by atoms with Crippen molar-refractivity contribution >= 4 is 17.7 Å². The molecule has 0 unspecified atom stereocenters. The van der Waals surface area contributed by atoms with E-state index in [1.807, 2.05) is 0 Å². The fourth-order valence-corrected chi connectivity index (χ4v) is 4.04. The zero-order valence-electron chi connectivity index (χ0n) is 18.9. The van der Waals surface area contributed by atoms with Crippen LogP contribution in [0.15, 0.2) is 36.4 Å². The van der Waals surface area contributed by atoms with Crippen molar-refractivity contribution in [2.45, 2.75) is 32.0 Å². The molecular formula is C24H26FN3O6. The second-order valence-corrected chi connectivity index (χ2v) is 8.22. The predicted octanol–water partition coefficient (Wildman–Crippen LogP) is 1.64. The molecule has 180 valence electrons. The summed E-state index contributed by atoms with van der Waals surface area (Å²) in [6.45, 7) is 1.93. The molecular weight excluding hydrogens is 445 g/mol. The van der Waals surface area contributed by atoms with Gasteiger partial charge in [-0.15, -0.1) is 0 Å². The Morgan fingerprint density at radius 1 is 1.21 bits per heavy atom. The molecule has 2 aromatic carbocycles. The molecule has 1 saturated heterocycles. The number of ether oxygens (including phenoxy) is 3. The van der Waals surface area contributed by atoms with Crippen molar-refractivity contribution in [3.05, 3.63) is 53.3 Å². The van der Waals surface area contributed by atoms with Crippen molar-refractivity contribution in [2.75, 3.05) is 26.8 Å². The van der Waals surface area contributed by atoms with E-state index < -0.39 is 29.8 Å². The highest BCUT2D eigenvalue weighted by Gasteiger charge is 2.33. The number of piperidine rings is 1. The molecule has 0 aromatic heterocycles. The molecule has 34 heavy (non-hydrogen) atoms. The Hall–Kier alpha value is -3.82. The highest BCUT2D eigenvalue weighted by molar-refractivity contribution is 5.95. The summed E-state index contributed by atoms with van der Waals surface area (Å²) >= 11 is 0. The minimum atomic E-state index is -0.532. The molecule has 0 saturated carbocycles. The molecule has 2 aliphatic rings. The minimum absolute atomic E-state index is 0.0798. The van der Waals surface area contributed by atoms with Crippen LogP contribution in [0.1, 0.15) is 29.3 Å². The molecule has 2 heterocycles. The van der Waals surface area contributed by atoms with Crippen LogP contribution in [0.5, 0.6) is 17.2 Å². The Bertz CT molecular complexity index is 1110. The summed E-state index contributed by atoms with van der Waals surface area (Å²) in [6, 6.07) is 8.31. The summed E-state index contributed by atoms with van der Waals surface area (Å²) in [5.74, 6) is -0.585. The zero-order valence-corrected chi connectivity index (χ0v) is 18.9. The molecule has 2 aromatic rings. The lowest BCUT2D eigenvalue weighted by atomic mass is 10.0. The topological polar surface area (TPSA) is 106 Å². The summed E-state index contributed by atoms with van der Waals surface area (Å²) in [7, 11) is 1.45. The molecule has 0 aliphatic carbocycles. The van der Waals surface area contributed by atoms with Gasteiger partial charge in [0.15, 0.2) is 18.1 Å². The molecule has 2 N–H and O–H groups in total. The maximum atomic E-state index is 14.3. The maximum Gasteiger partial charge on any atom is 0.258 e. The number of hydrogen-bond acceptors (Lipinski definition) is 6. The quantitative estimate of drug-likeness (QED) is 0.655. The Labute approximate surface area is 196 Å². The maximum absolute atomic E-state index is 14.3. The summed E-state index contributed by atoms with van der Waals surface area (Å²) in [6.07, 6.45) is -0.0463. The van der Waals surface area contributed by atoms with E-state index in [-0.39, 0.29) is 42.7 Å². The Morgan fingerprint density at radius 3 is 2.79 bits per heavy atom. The van der Waals surface area contributed by atoms with Gasteiger partial charge in [0.1, 0.15) is 17.7 Å². The first kappa shape index (κ1) is 23.3. The highest BCUT2D eigenvalue weighted by atomic mass is 19.1. The van der Waals surface area contributed by atoms with E-state index in [4.69, 9.17) is 14.2 Å². The third-order valence-corrected chi connectivity index (χ3v) is 5.80. The number of carbonyl (C=O) groups excluding carboxylic acids is 3.